The number of carbonyl (C=O) groups is 3. The Morgan fingerprint density at radius 3 is 2.44 bits per heavy atom. The van der Waals surface area contributed by atoms with Crippen LogP contribution in [0.1, 0.15) is 64.0 Å². The summed E-state index contributed by atoms with van der Waals surface area (Å²) in [5.41, 5.74) is 0.474. The first-order valence-corrected chi connectivity index (χ1v) is 12.3. The maximum absolute atomic E-state index is 12.8. The van der Waals surface area contributed by atoms with E-state index in [1.807, 2.05) is 5.38 Å². The van der Waals surface area contributed by atoms with Crippen LogP contribution < -0.4 is 5.32 Å². The van der Waals surface area contributed by atoms with Crippen molar-refractivity contribution in [3.05, 3.63) is 34.5 Å². The lowest BCUT2D eigenvalue weighted by molar-refractivity contribution is -0.157. The second-order valence-corrected chi connectivity index (χ2v) is 10.9. The van der Waals surface area contributed by atoms with E-state index in [1.54, 1.807) is 66.9 Å². The van der Waals surface area contributed by atoms with E-state index in [4.69, 9.17) is 14.2 Å². The van der Waals surface area contributed by atoms with Gasteiger partial charge < -0.3 is 19.5 Å². The third kappa shape index (κ3) is 7.48. The van der Waals surface area contributed by atoms with E-state index < -0.39 is 35.3 Å². The topological polar surface area (TPSA) is 134 Å². The molecule has 3 heterocycles. The van der Waals surface area contributed by atoms with Gasteiger partial charge >= 0.3 is 18.0 Å². The summed E-state index contributed by atoms with van der Waals surface area (Å²) < 4.78 is 17.3. The van der Waals surface area contributed by atoms with Gasteiger partial charge in [-0.1, -0.05) is 0 Å². The predicted molar refractivity (Wildman–Crippen MR) is 133 cm³/mol. The van der Waals surface area contributed by atoms with Crippen molar-refractivity contribution in [2.24, 2.45) is 0 Å². The van der Waals surface area contributed by atoms with Gasteiger partial charge in [0.2, 0.25) is 0 Å². The molecule has 36 heavy (non-hydrogen) atoms. The molecule has 0 unspecified atom stereocenters. The molecule has 12 heteroatoms. The number of nitrogens with one attached hydrogen (secondary N) is 1. The van der Waals surface area contributed by atoms with Crippen molar-refractivity contribution in [2.45, 2.75) is 72.1 Å². The van der Waals surface area contributed by atoms with Gasteiger partial charge in [-0.3, -0.25) is 0 Å². The zero-order chi connectivity index (χ0) is 26.7. The number of hydrogen-bond donors (Lipinski definition) is 1. The summed E-state index contributed by atoms with van der Waals surface area (Å²) in [6, 6.07) is 0.555. The number of carbonyl (C=O) groups excluding carboxylic acids is 3. The highest BCUT2D eigenvalue weighted by Crippen LogP contribution is 2.23. The molecule has 0 bridgehead atoms. The van der Waals surface area contributed by atoms with Crippen LogP contribution in [0.15, 0.2) is 23.8 Å². The molecule has 0 fully saturated rings. The Morgan fingerprint density at radius 1 is 1.11 bits per heavy atom. The van der Waals surface area contributed by atoms with Crippen LogP contribution in [0, 0.1) is 0 Å². The summed E-state index contributed by atoms with van der Waals surface area (Å²) in [7, 11) is 0. The van der Waals surface area contributed by atoms with Gasteiger partial charge in [-0.2, -0.15) is 5.10 Å². The summed E-state index contributed by atoms with van der Waals surface area (Å²) in [6.07, 6.45) is 2.72. The molecule has 3 aromatic rings. The van der Waals surface area contributed by atoms with Gasteiger partial charge in [0.05, 0.1) is 17.3 Å². The third-order valence-electron chi connectivity index (χ3n) is 4.41. The molecule has 3 aromatic heterocycles. The van der Waals surface area contributed by atoms with Crippen LogP contribution in [0.25, 0.3) is 16.9 Å². The molecule has 0 radical (unpaired) electrons. The number of thiazole rings is 1. The third-order valence-corrected chi connectivity index (χ3v) is 5.28. The minimum Gasteiger partial charge on any atom is -0.461 e. The SMILES string of the molecule is CCOC(=O)c1cc2ncc(-c3csc(C[C@H](NC(=O)OC(C)(C)C)C(=O)OC(C)(C)C)n3)cn2n1. The first-order valence-electron chi connectivity index (χ1n) is 11.4. The molecule has 0 aromatic carbocycles. The van der Waals surface area contributed by atoms with Crippen LogP contribution in [0.2, 0.25) is 0 Å². The average molecular weight is 518 g/mol. The molecule has 0 aliphatic heterocycles. The van der Waals surface area contributed by atoms with E-state index in [-0.39, 0.29) is 18.7 Å². The Bertz CT molecular complexity index is 1250. The number of amides is 1. The van der Waals surface area contributed by atoms with Crippen molar-refractivity contribution in [1.82, 2.24) is 24.9 Å². The molecule has 3 rings (SSSR count). The number of esters is 2. The molecule has 0 aliphatic carbocycles. The minimum absolute atomic E-state index is 0.114. The van der Waals surface area contributed by atoms with E-state index in [0.29, 0.717) is 21.9 Å². The maximum Gasteiger partial charge on any atom is 0.408 e. The van der Waals surface area contributed by atoms with Gasteiger partial charge in [-0.15, -0.1) is 11.3 Å². The van der Waals surface area contributed by atoms with Crippen molar-refractivity contribution in [3.8, 4) is 11.3 Å². The maximum atomic E-state index is 12.8. The quantitative estimate of drug-likeness (QED) is 0.367. The second kappa shape index (κ2) is 10.6. The lowest BCUT2D eigenvalue weighted by Crippen LogP contribution is -2.47. The molecule has 0 saturated heterocycles. The van der Waals surface area contributed by atoms with E-state index in [1.165, 1.54) is 15.9 Å². The highest BCUT2D eigenvalue weighted by atomic mass is 32.1. The van der Waals surface area contributed by atoms with Gasteiger partial charge in [0.15, 0.2) is 11.3 Å². The van der Waals surface area contributed by atoms with Crippen molar-refractivity contribution < 1.29 is 28.6 Å². The van der Waals surface area contributed by atoms with Gasteiger partial charge in [0, 0.05) is 35.8 Å². The first kappa shape index (κ1) is 27.1. The molecule has 1 N–H and O–H groups in total. The number of rotatable bonds is 7. The average Bonchev–Trinajstić information content (AvgIpc) is 3.37. The summed E-state index contributed by atoms with van der Waals surface area (Å²) in [4.78, 5) is 46.1. The molecular formula is C24H31N5O6S. The van der Waals surface area contributed by atoms with Crippen LogP contribution in [-0.2, 0) is 25.4 Å². The highest BCUT2D eigenvalue weighted by Gasteiger charge is 2.30. The Kier molecular flexibility index (Phi) is 7.97. The number of aromatic nitrogens is 4. The summed E-state index contributed by atoms with van der Waals surface area (Å²) in [5, 5.41) is 9.24. The largest absolute Gasteiger partial charge is 0.461 e. The van der Waals surface area contributed by atoms with Crippen LogP contribution >= 0.6 is 11.3 Å². The van der Waals surface area contributed by atoms with Crippen LogP contribution in [0.3, 0.4) is 0 Å². The van der Waals surface area contributed by atoms with Crippen molar-refractivity contribution >= 4 is 35.0 Å². The Balaban J connectivity index is 1.80. The zero-order valence-electron chi connectivity index (χ0n) is 21.4. The van der Waals surface area contributed by atoms with Crippen molar-refractivity contribution in [2.75, 3.05) is 6.61 Å². The Morgan fingerprint density at radius 2 is 1.81 bits per heavy atom. The summed E-state index contributed by atoms with van der Waals surface area (Å²) in [5.74, 6) is -1.11. The number of alkyl carbamates (subject to hydrolysis) is 1. The first-order chi connectivity index (χ1) is 16.7. The number of fused-ring (bicyclic) bond motifs is 1. The lowest BCUT2D eigenvalue weighted by atomic mass is 10.1. The fourth-order valence-corrected chi connectivity index (χ4v) is 3.89. The molecule has 0 spiro atoms. The minimum atomic E-state index is -0.989. The zero-order valence-corrected chi connectivity index (χ0v) is 22.3. The number of hydrogen-bond acceptors (Lipinski definition) is 10. The molecule has 1 atom stereocenters. The van der Waals surface area contributed by atoms with E-state index >= 15 is 0 Å². The summed E-state index contributed by atoms with van der Waals surface area (Å²) >= 11 is 1.33. The smallest absolute Gasteiger partial charge is 0.408 e. The van der Waals surface area contributed by atoms with E-state index in [9.17, 15) is 14.4 Å². The molecule has 194 valence electrons. The number of nitrogens with zero attached hydrogens (tertiary/aromatic N) is 4. The van der Waals surface area contributed by atoms with Gasteiger partial charge in [0.1, 0.15) is 17.2 Å². The Hall–Kier alpha value is -3.54. The lowest BCUT2D eigenvalue weighted by Gasteiger charge is -2.26. The van der Waals surface area contributed by atoms with Crippen molar-refractivity contribution in [1.29, 1.82) is 0 Å². The van der Waals surface area contributed by atoms with Crippen LogP contribution in [-0.4, -0.2) is 61.5 Å². The predicted octanol–water partition coefficient (Wildman–Crippen LogP) is 3.81. The molecule has 0 aliphatic rings. The standard InChI is InChI=1S/C24H31N5O6S/c1-8-33-20(30)16-9-18-25-11-14(12-29(18)28-16)17-13-36-19(26-17)10-15(21(31)34-23(2,3)4)27-22(32)35-24(5,6)7/h9,11-13,15H,8,10H2,1-7H3,(H,27,32)/t15-/m0/s1. The van der Waals surface area contributed by atoms with E-state index in [2.05, 4.69) is 20.4 Å². The van der Waals surface area contributed by atoms with Gasteiger partial charge in [0.25, 0.3) is 0 Å². The molecule has 1 amide bonds. The second-order valence-electron chi connectivity index (χ2n) is 9.96. The monoisotopic (exact) mass is 517 g/mol. The normalized spacial score (nSPS) is 12.8. The molecule has 11 nitrogen and oxygen atoms in total. The summed E-state index contributed by atoms with van der Waals surface area (Å²) in [6.45, 7) is 12.4. The van der Waals surface area contributed by atoms with Gasteiger partial charge in [-0.05, 0) is 48.5 Å². The fraction of sp³-hybridized carbons (Fsp3) is 0.500. The molecular weight excluding hydrogens is 486 g/mol. The van der Waals surface area contributed by atoms with Crippen LogP contribution in [0.4, 0.5) is 4.79 Å². The highest BCUT2D eigenvalue weighted by molar-refractivity contribution is 7.10. The fourth-order valence-electron chi connectivity index (χ4n) is 3.04. The van der Waals surface area contributed by atoms with Crippen molar-refractivity contribution in [3.63, 3.8) is 0 Å². The van der Waals surface area contributed by atoms with E-state index in [0.717, 1.165) is 0 Å². The number of ether oxygens (including phenoxy) is 3. The molecule has 0 saturated carbocycles. The van der Waals surface area contributed by atoms with Gasteiger partial charge in [-0.25, -0.2) is 28.9 Å². The Labute approximate surface area is 213 Å². The van der Waals surface area contributed by atoms with Crippen LogP contribution in [0.5, 0.6) is 0 Å².